The molecule has 0 aliphatic rings. The van der Waals surface area contributed by atoms with Gasteiger partial charge in [0, 0.05) is 5.69 Å². The number of aryl methyl sites for hydroxylation is 1. The number of hydrogen-bond acceptors (Lipinski definition) is 2. The summed E-state index contributed by atoms with van der Waals surface area (Å²) in [5.41, 5.74) is 2.71. The third kappa shape index (κ3) is 3.12. The van der Waals surface area contributed by atoms with Gasteiger partial charge in [0.15, 0.2) is 11.0 Å². The molecule has 4 nitrogen and oxygen atoms in total. The van der Waals surface area contributed by atoms with Crippen LogP contribution in [0.1, 0.15) is 0 Å². The van der Waals surface area contributed by atoms with Gasteiger partial charge in [-0.1, -0.05) is 12.1 Å². The predicted molar refractivity (Wildman–Crippen MR) is 85.2 cm³/mol. The van der Waals surface area contributed by atoms with Crippen LogP contribution in [0.3, 0.4) is 0 Å². The third-order valence-corrected chi connectivity index (χ3v) is 4.34. The van der Waals surface area contributed by atoms with Gasteiger partial charge < -0.3 is 5.32 Å². The van der Waals surface area contributed by atoms with Gasteiger partial charge in [-0.2, -0.15) is 0 Å². The Morgan fingerprint density at radius 1 is 1.23 bits per heavy atom. The van der Waals surface area contributed by atoms with Crippen molar-refractivity contribution in [3.8, 4) is 0 Å². The number of amides is 1. The molecular formula is C16H15FN3OS+. The highest BCUT2D eigenvalue weighted by Gasteiger charge is 2.16. The van der Waals surface area contributed by atoms with Crippen LogP contribution in [0.15, 0.2) is 53.7 Å². The van der Waals surface area contributed by atoms with Crippen molar-refractivity contribution in [3.05, 3.63) is 54.3 Å². The van der Waals surface area contributed by atoms with Gasteiger partial charge in [0.1, 0.15) is 5.82 Å². The first-order valence-corrected chi connectivity index (χ1v) is 7.77. The summed E-state index contributed by atoms with van der Waals surface area (Å²) in [4.78, 5) is 15.2. The summed E-state index contributed by atoms with van der Waals surface area (Å²) in [5, 5.41) is 3.66. The Hall–Kier alpha value is -2.34. The molecule has 2 N–H and O–H groups in total. The number of para-hydroxylation sites is 2. The normalized spacial score (nSPS) is 10.8. The van der Waals surface area contributed by atoms with E-state index in [4.69, 9.17) is 0 Å². The Morgan fingerprint density at radius 3 is 2.68 bits per heavy atom. The molecule has 0 bridgehead atoms. The maximum atomic E-state index is 12.8. The first-order valence-electron chi connectivity index (χ1n) is 6.78. The van der Waals surface area contributed by atoms with Gasteiger partial charge in [-0.15, -0.1) is 0 Å². The number of nitrogens with zero attached hydrogens (tertiary/aromatic N) is 1. The average Bonchev–Trinajstić information content (AvgIpc) is 2.84. The zero-order valence-electron chi connectivity index (χ0n) is 12.0. The molecule has 1 amide bonds. The highest BCUT2D eigenvalue weighted by Crippen LogP contribution is 2.17. The van der Waals surface area contributed by atoms with Gasteiger partial charge in [0.25, 0.3) is 0 Å². The van der Waals surface area contributed by atoms with Crippen molar-refractivity contribution < 1.29 is 13.8 Å². The van der Waals surface area contributed by atoms with E-state index < -0.39 is 0 Å². The molecular weight excluding hydrogens is 301 g/mol. The van der Waals surface area contributed by atoms with E-state index in [1.807, 2.05) is 35.9 Å². The number of aromatic amines is 1. The molecule has 0 saturated heterocycles. The van der Waals surface area contributed by atoms with Crippen molar-refractivity contribution in [2.45, 2.75) is 5.16 Å². The fraction of sp³-hybridized carbons (Fsp3) is 0.125. The second kappa shape index (κ2) is 6.19. The first-order chi connectivity index (χ1) is 10.6. The Kier molecular flexibility index (Phi) is 4.11. The van der Waals surface area contributed by atoms with Gasteiger partial charge >= 0.3 is 5.16 Å². The number of carbonyl (C=O) groups is 1. The monoisotopic (exact) mass is 316 g/mol. The number of nitrogens with one attached hydrogen (secondary N) is 2. The average molecular weight is 316 g/mol. The number of benzene rings is 2. The number of carbonyl (C=O) groups excluding carboxylic acids is 1. The molecule has 0 radical (unpaired) electrons. The van der Waals surface area contributed by atoms with Crippen molar-refractivity contribution in [2.75, 3.05) is 11.1 Å². The number of H-pyrrole nitrogens is 1. The van der Waals surface area contributed by atoms with E-state index >= 15 is 0 Å². The lowest BCUT2D eigenvalue weighted by atomic mass is 10.3. The molecule has 0 aliphatic carbocycles. The Bertz CT molecular complexity index is 814. The SMILES string of the molecule is C[n+]1c(SCC(=O)Nc2ccc(F)cc2)[nH]c2ccccc21. The maximum Gasteiger partial charge on any atom is 0.317 e. The fourth-order valence-corrected chi connectivity index (χ4v) is 2.99. The Labute approximate surface area is 131 Å². The van der Waals surface area contributed by atoms with E-state index in [0.29, 0.717) is 5.69 Å². The second-order valence-electron chi connectivity index (χ2n) is 4.85. The summed E-state index contributed by atoms with van der Waals surface area (Å²) in [6.45, 7) is 0. The standard InChI is InChI=1S/C16H14FN3OS/c1-20-14-5-3-2-4-13(14)19-16(20)22-10-15(21)18-12-8-6-11(17)7-9-12/h2-9H,10H2,1H3,(H,18,21)/p+1. The lowest BCUT2D eigenvalue weighted by molar-refractivity contribution is -0.683. The van der Waals surface area contributed by atoms with Gasteiger partial charge in [-0.25, -0.2) is 13.9 Å². The van der Waals surface area contributed by atoms with Crippen molar-refractivity contribution in [1.29, 1.82) is 0 Å². The molecule has 112 valence electrons. The predicted octanol–water partition coefficient (Wildman–Crippen LogP) is 2.86. The van der Waals surface area contributed by atoms with E-state index in [2.05, 4.69) is 10.3 Å². The smallest absolute Gasteiger partial charge is 0.317 e. The van der Waals surface area contributed by atoms with Crippen LogP contribution >= 0.6 is 11.8 Å². The molecule has 0 atom stereocenters. The van der Waals surface area contributed by atoms with Crippen LogP contribution in [0.25, 0.3) is 11.0 Å². The highest BCUT2D eigenvalue weighted by atomic mass is 32.2. The lowest BCUT2D eigenvalue weighted by Gasteiger charge is -2.03. The van der Waals surface area contributed by atoms with E-state index in [-0.39, 0.29) is 17.5 Å². The molecule has 1 aromatic heterocycles. The molecule has 0 saturated carbocycles. The number of hydrogen-bond donors (Lipinski definition) is 2. The molecule has 1 heterocycles. The van der Waals surface area contributed by atoms with Crippen LogP contribution in [0.5, 0.6) is 0 Å². The van der Waals surface area contributed by atoms with Crippen molar-refractivity contribution in [1.82, 2.24) is 4.98 Å². The van der Waals surface area contributed by atoms with E-state index in [9.17, 15) is 9.18 Å². The highest BCUT2D eigenvalue weighted by molar-refractivity contribution is 7.99. The van der Waals surface area contributed by atoms with Crippen LogP contribution in [0, 0.1) is 5.82 Å². The zero-order valence-corrected chi connectivity index (χ0v) is 12.8. The van der Waals surface area contributed by atoms with Gasteiger partial charge in [-0.05, 0) is 48.2 Å². The van der Waals surface area contributed by atoms with Crippen LogP contribution in [-0.4, -0.2) is 16.6 Å². The van der Waals surface area contributed by atoms with Gasteiger partial charge in [0.05, 0.1) is 12.8 Å². The molecule has 0 aliphatic heterocycles. The summed E-state index contributed by atoms with van der Waals surface area (Å²) in [6, 6.07) is 13.7. The van der Waals surface area contributed by atoms with Gasteiger partial charge in [-0.3, -0.25) is 4.79 Å². The number of anilines is 1. The summed E-state index contributed by atoms with van der Waals surface area (Å²) >= 11 is 1.42. The van der Waals surface area contributed by atoms with E-state index in [1.54, 1.807) is 12.1 Å². The molecule has 3 rings (SSSR count). The first kappa shape index (κ1) is 14.6. The van der Waals surface area contributed by atoms with E-state index in [0.717, 1.165) is 16.2 Å². The largest absolute Gasteiger partial charge is 0.325 e. The van der Waals surface area contributed by atoms with Crippen LogP contribution in [-0.2, 0) is 11.8 Å². The third-order valence-electron chi connectivity index (χ3n) is 3.28. The topological polar surface area (TPSA) is 48.8 Å². The number of halogens is 1. The van der Waals surface area contributed by atoms with Crippen LogP contribution < -0.4 is 9.88 Å². The second-order valence-corrected chi connectivity index (χ2v) is 5.81. The number of imidazole rings is 1. The molecule has 0 spiro atoms. The Balaban J connectivity index is 1.64. The fourth-order valence-electron chi connectivity index (χ4n) is 2.18. The van der Waals surface area contributed by atoms with Crippen molar-refractivity contribution >= 4 is 34.4 Å². The summed E-state index contributed by atoms with van der Waals surface area (Å²) < 4.78 is 14.8. The molecule has 0 unspecified atom stereocenters. The number of fused-ring (bicyclic) bond motifs is 1. The molecule has 3 aromatic rings. The summed E-state index contributed by atoms with van der Waals surface area (Å²) in [6.07, 6.45) is 0. The summed E-state index contributed by atoms with van der Waals surface area (Å²) in [7, 11) is 1.96. The summed E-state index contributed by atoms with van der Waals surface area (Å²) in [5.74, 6) is -0.175. The minimum atomic E-state index is -0.322. The number of rotatable bonds is 4. The zero-order chi connectivity index (χ0) is 15.5. The lowest BCUT2D eigenvalue weighted by Crippen LogP contribution is -2.29. The molecule has 22 heavy (non-hydrogen) atoms. The van der Waals surface area contributed by atoms with Crippen molar-refractivity contribution in [2.24, 2.45) is 7.05 Å². The maximum absolute atomic E-state index is 12.8. The van der Waals surface area contributed by atoms with Crippen LogP contribution in [0.2, 0.25) is 0 Å². The molecule has 6 heteroatoms. The minimum absolute atomic E-state index is 0.129. The van der Waals surface area contributed by atoms with Crippen LogP contribution in [0.4, 0.5) is 10.1 Å². The van der Waals surface area contributed by atoms with Gasteiger partial charge in [0.2, 0.25) is 5.91 Å². The molecule has 2 aromatic carbocycles. The number of thioether (sulfide) groups is 1. The molecule has 0 fully saturated rings. The van der Waals surface area contributed by atoms with Crippen molar-refractivity contribution in [3.63, 3.8) is 0 Å². The quantitative estimate of drug-likeness (QED) is 0.574. The van der Waals surface area contributed by atoms with E-state index in [1.165, 1.54) is 23.9 Å². The number of aromatic nitrogens is 2. The minimum Gasteiger partial charge on any atom is -0.325 e. The Morgan fingerprint density at radius 2 is 1.95 bits per heavy atom.